The van der Waals surface area contributed by atoms with E-state index in [1.54, 1.807) is 0 Å². The van der Waals surface area contributed by atoms with Gasteiger partial charge in [-0.05, 0) is 42.5 Å². The number of halogens is 2. The van der Waals surface area contributed by atoms with Crippen LogP contribution in [0.5, 0.6) is 0 Å². The molecular formula is C20H30BrIN6. The standard InChI is InChI=1S/C20H29BrN6.HI/c1-22-20(23-10-7-17-13-24-26(2)14-17)25-19-8-11-27(12-9-19)15-16-3-5-18(21)6-4-16;/h3-6,13-14,19H,7-12,15H2,1-2H3,(H2,22,23,25);1H. The molecule has 1 aliphatic heterocycles. The SMILES string of the molecule is CN=C(NCCc1cnn(C)c1)NC1CCN(Cc2ccc(Br)cc2)CC1.I. The highest BCUT2D eigenvalue weighted by atomic mass is 127. The molecule has 2 N–H and O–H groups in total. The van der Waals surface area contributed by atoms with Gasteiger partial charge in [0.05, 0.1) is 6.20 Å². The number of aliphatic imine (C=N–C) groups is 1. The minimum atomic E-state index is 0. The van der Waals surface area contributed by atoms with E-state index in [0.717, 1.165) is 55.9 Å². The maximum absolute atomic E-state index is 4.37. The van der Waals surface area contributed by atoms with Gasteiger partial charge < -0.3 is 10.6 Å². The number of hydrogen-bond donors (Lipinski definition) is 2. The van der Waals surface area contributed by atoms with E-state index in [1.165, 1.54) is 11.1 Å². The van der Waals surface area contributed by atoms with Crippen LogP contribution in [0.4, 0.5) is 0 Å². The van der Waals surface area contributed by atoms with Crippen molar-refractivity contribution in [3.05, 3.63) is 52.3 Å². The van der Waals surface area contributed by atoms with Crippen molar-refractivity contribution in [2.75, 3.05) is 26.7 Å². The van der Waals surface area contributed by atoms with Gasteiger partial charge >= 0.3 is 0 Å². The van der Waals surface area contributed by atoms with Crippen LogP contribution >= 0.6 is 39.9 Å². The lowest BCUT2D eigenvalue weighted by molar-refractivity contribution is 0.198. The van der Waals surface area contributed by atoms with Gasteiger partial charge in [-0.15, -0.1) is 24.0 Å². The summed E-state index contributed by atoms with van der Waals surface area (Å²) in [6, 6.07) is 9.11. The summed E-state index contributed by atoms with van der Waals surface area (Å²) in [5.41, 5.74) is 2.61. The number of aryl methyl sites for hydroxylation is 1. The summed E-state index contributed by atoms with van der Waals surface area (Å²) in [7, 11) is 3.78. The normalized spacial score (nSPS) is 15.9. The molecule has 0 bridgehead atoms. The van der Waals surface area contributed by atoms with Crippen LogP contribution in [0.25, 0.3) is 0 Å². The molecular weight excluding hydrogens is 531 g/mol. The molecule has 28 heavy (non-hydrogen) atoms. The van der Waals surface area contributed by atoms with Gasteiger partial charge in [0, 0.05) is 57.0 Å². The van der Waals surface area contributed by atoms with E-state index in [1.807, 2.05) is 25.0 Å². The largest absolute Gasteiger partial charge is 0.356 e. The molecule has 6 nitrogen and oxygen atoms in total. The maximum atomic E-state index is 4.37. The second-order valence-electron chi connectivity index (χ2n) is 7.09. The lowest BCUT2D eigenvalue weighted by Gasteiger charge is -2.33. The first-order valence-electron chi connectivity index (χ1n) is 9.54. The fraction of sp³-hybridized carbons (Fsp3) is 0.500. The molecule has 0 radical (unpaired) electrons. The van der Waals surface area contributed by atoms with Gasteiger partial charge in [0.1, 0.15) is 0 Å². The number of guanidine groups is 1. The Labute approximate surface area is 193 Å². The molecule has 0 amide bonds. The molecule has 0 aliphatic carbocycles. The van der Waals surface area contributed by atoms with Crippen LogP contribution in [0.15, 0.2) is 46.1 Å². The van der Waals surface area contributed by atoms with Gasteiger partial charge in [0.15, 0.2) is 5.96 Å². The molecule has 154 valence electrons. The van der Waals surface area contributed by atoms with Gasteiger partial charge in [-0.3, -0.25) is 14.6 Å². The Hall–Kier alpha value is -1.13. The van der Waals surface area contributed by atoms with Crippen LogP contribution in [-0.2, 0) is 20.0 Å². The van der Waals surface area contributed by atoms with Crippen LogP contribution in [-0.4, -0.2) is 53.4 Å². The highest BCUT2D eigenvalue weighted by Crippen LogP contribution is 2.16. The molecule has 0 atom stereocenters. The number of hydrogen-bond acceptors (Lipinski definition) is 3. The molecule has 1 aromatic carbocycles. The number of nitrogens with zero attached hydrogens (tertiary/aromatic N) is 4. The highest BCUT2D eigenvalue weighted by molar-refractivity contribution is 14.0. The summed E-state index contributed by atoms with van der Waals surface area (Å²) in [6.07, 6.45) is 7.19. The topological polar surface area (TPSA) is 57.5 Å². The van der Waals surface area contributed by atoms with E-state index in [2.05, 4.69) is 72.0 Å². The van der Waals surface area contributed by atoms with Crippen LogP contribution in [0, 0.1) is 0 Å². The summed E-state index contributed by atoms with van der Waals surface area (Å²) in [5.74, 6) is 0.894. The van der Waals surface area contributed by atoms with Gasteiger partial charge in [-0.25, -0.2) is 0 Å². The first-order chi connectivity index (χ1) is 13.1. The lowest BCUT2D eigenvalue weighted by Crippen LogP contribution is -2.48. The number of piperidine rings is 1. The van der Waals surface area contributed by atoms with Gasteiger partial charge in [-0.1, -0.05) is 28.1 Å². The average molecular weight is 561 g/mol. The predicted molar refractivity (Wildman–Crippen MR) is 129 cm³/mol. The number of aromatic nitrogens is 2. The first kappa shape index (κ1) is 23.2. The summed E-state index contributed by atoms with van der Waals surface area (Å²) in [6.45, 7) is 4.10. The lowest BCUT2D eigenvalue weighted by atomic mass is 10.0. The number of benzene rings is 1. The van der Waals surface area contributed by atoms with Crippen molar-refractivity contribution in [3.63, 3.8) is 0 Å². The fourth-order valence-electron chi connectivity index (χ4n) is 3.40. The molecule has 3 rings (SSSR count). The van der Waals surface area contributed by atoms with Crippen LogP contribution in [0.2, 0.25) is 0 Å². The summed E-state index contributed by atoms with van der Waals surface area (Å²) in [4.78, 5) is 6.90. The highest BCUT2D eigenvalue weighted by Gasteiger charge is 2.20. The molecule has 1 aromatic heterocycles. The van der Waals surface area contributed by atoms with E-state index < -0.39 is 0 Å². The van der Waals surface area contributed by atoms with E-state index in [0.29, 0.717) is 6.04 Å². The number of nitrogens with one attached hydrogen (secondary N) is 2. The Morgan fingerprint density at radius 3 is 2.54 bits per heavy atom. The monoisotopic (exact) mass is 560 g/mol. The quantitative estimate of drug-likeness (QED) is 0.324. The van der Waals surface area contributed by atoms with Crippen molar-refractivity contribution in [2.24, 2.45) is 12.0 Å². The smallest absolute Gasteiger partial charge is 0.191 e. The minimum absolute atomic E-state index is 0. The van der Waals surface area contributed by atoms with E-state index >= 15 is 0 Å². The predicted octanol–water partition coefficient (Wildman–Crippen LogP) is 3.17. The second-order valence-corrected chi connectivity index (χ2v) is 8.01. The molecule has 2 heterocycles. The third-order valence-corrected chi connectivity index (χ3v) is 5.46. The Kier molecular flexibility index (Phi) is 9.73. The van der Waals surface area contributed by atoms with Crippen molar-refractivity contribution in [1.29, 1.82) is 0 Å². The van der Waals surface area contributed by atoms with E-state index in [-0.39, 0.29) is 24.0 Å². The number of rotatable bonds is 6. The summed E-state index contributed by atoms with van der Waals surface area (Å²) in [5, 5.41) is 11.2. The Bertz CT molecular complexity index is 737. The molecule has 0 unspecified atom stereocenters. The fourth-order valence-corrected chi connectivity index (χ4v) is 3.66. The van der Waals surface area contributed by atoms with Crippen molar-refractivity contribution < 1.29 is 0 Å². The van der Waals surface area contributed by atoms with E-state index in [9.17, 15) is 0 Å². The van der Waals surface area contributed by atoms with Gasteiger partial charge in [-0.2, -0.15) is 5.10 Å². The first-order valence-corrected chi connectivity index (χ1v) is 10.3. The van der Waals surface area contributed by atoms with Crippen molar-refractivity contribution in [1.82, 2.24) is 25.3 Å². The molecule has 8 heteroatoms. The molecule has 1 aliphatic rings. The van der Waals surface area contributed by atoms with Gasteiger partial charge in [0.2, 0.25) is 0 Å². The molecule has 1 fully saturated rings. The Morgan fingerprint density at radius 1 is 1.21 bits per heavy atom. The zero-order chi connectivity index (χ0) is 19.1. The molecule has 2 aromatic rings. The van der Waals surface area contributed by atoms with Crippen LogP contribution in [0.3, 0.4) is 0 Å². The second kappa shape index (κ2) is 11.8. The van der Waals surface area contributed by atoms with E-state index in [4.69, 9.17) is 0 Å². The molecule has 0 saturated carbocycles. The minimum Gasteiger partial charge on any atom is -0.356 e. The molecule has 1 saturated heterocycles. The van der Waals surface area contributed by atoms with Crippen molar-refractivity contribution >= 4 is 45.9 Å². The van der Waals surface area contributed by atoms with Crippen LogP contribution < -0.4 is 10.6 Å². The maximum Gasteiger partial charge on any atom is 0.191 e. The van der Waals surface area contributed by atoms with Crippen molar-refractivity contribution in [2.45, 2.75) is 31.8 Å². The average Bonchev–Trinajstić information content (AvgIpc) is 3.09. The Morgan fingerprint density at radius 2 is 1.93 bits per heavy atom. The third-order valence-electron chi connectivity index (χ3n) is 4.94. The number of likely N-dealkylation sites (tertiary alicyclic amines) is 1. The van der Waals surface area contributed by atoms with Crippen LogP contribution in [0.1, 0.15) is 24.0 Å². The zero-order valence-electron chi connectivity index (χ0n) is 16.6. The summed E-state index contributed by atoms with van der Waals surface area (Å²) < 4.78 is 2.97. The summed E-state index contributed by atoms with van der Waals surface area (Å²) >= 11 is 3.50. The Balaban J connectivity index is 0.00000280. The molecule has 0 spiro atoms. The zero-order valence-corrected chi connectivity index (χ0v) is 20.5. The van der Waals surface area contributed by atoms with Gasteiger partial charge in [0.25, 0.3) is 0 Å². The third kappa shape index (κ3) is 7.36. The van der Waals surface area contributed by atoms with Crippen molar-refractivity contribution in [3.8, 4) is 0 Å².